The number of nitrogens with one attached hydrogen (secondary N) is 1. The number of carbonyl (C=O) groups excluding carboxylic acids is 2. The summed E-state index contributed by atoms with van der Waals surface area (Å²) in [6, 6.07) is 15.5. The van der Waals surface area contributed by atoms with Crippen LogP contribution in [0, 0.1) is 5.92 Å². The van der Waals surface area contributed by atoms with Crippen molar-refractivity contribution >= 4 is 18.0 Å². The van der Waals surface area contributed by atoms with Gasteiger partial charge in [0.05, 0.1) is 6.10 Å². The fraction of sp³-hybridized carbons (Fsp3) is 0.423. The first-order valence-corrected chi connectivity index (χ1v) is 11.6. The molecule has 0 spiro atoms. The summed E-state index contributed by atoms with van der Waals surface area (Å²) in [5.74, 6) is -1.40. The minimum absolute atomic E-state index is 0.0570. The number of hydrogen-bond acceptors (Lipinski definition) is 5. The normalized spacial score (nSPS) is 16.7. The first-order chi connectivity index (χ1) is 16.4. The molecule has 0 radical (unpaired) electrons. The van der Waals surface area contributed by atoms with Gasteiger partial charge in [-0.05, 0) is 28.2 Å². The Labute approximate surface area is 198 Å². The summed E-state index contributed by atoms with van der Waals surface area (Å²) in [7, 11) is 0. The van der Waals surface area contributed by atoms with Crippen LogP contribution in [0.15, 0.2) is 48.5 Å². The summed E-state index contributed by atoms with van der Waals surface area (Å²) < 4.78 is 10.8. The average Bonchev–Trinajstić information content (AvgIpc) is 3.13. The molecule has 2 amide bonds. The van der Waals surface area contributed by atoms with Crippen molar-refractivity contribution in [2.45, 2.75) is 38.3 Å². The smallest absolute Gasteiger partial charge is 0.407 e. The number of amides is 2. The van der Waals surface area contributed by atoms with Crippen molar-refractivity contribution in [1.29, 1.82) is 0 Å². The van der Waals surface area contributed by atoms with E-state index in [2.05, 4.69) is 29.6 Å². The first-order valence-electron chi connectivity index (χ1n) is 11.6. The molecule has 1 heterocycles. The van der Waals surface area contributed by atoms with E-state index in [1.165, 1.54) is 0 Å². The molecule has 1 aliphatic heterocycles. The number of ether oxygens (including phenoxy) is 2. The quantitative estimate of drug-likeness (QED) is 0.588. The minimum Gasteiger partial charge on any atom is -0.480 e. The second-order valence-electron chi connectivity index (χ2n) is 8.90. The third kappa shape index (κ3) is 4.92. The van der Waals surface area contributed by atoms with E-state index in [0.717, 1.165) is 22.3 Å². The molecule has 180 valence electrons. The molecule has 1 unspecified atom stereocenters. The number of alkyl carbamates (subject to hydrolysis) is 1. The summed E-state index contributed by atoms with van der Waals surface area (Å²) in [6.45, 7) is 4.27. The van der Waals surface area contributed by atoms with Crippen molar-refractivity contribution < 1.29 is 29.0 Å². The van der Waals surface area contributed by atoms with Gasteiger partial charge < -0.3 is 24.8 Å². The second kappa shape index (κ2) is 10.3. The third-order valence-corrected chi connectivity index (χ3v) is 6.70. The lowest BCUT2D eigenvalue weighted by Gasteiger charge is -2.41. The van der Waals surface area contributed by atoms with E-state index in [1.807, 2.05) is 38.1 Å². The van der Waals surface area contributed by atoms with Crippen molar-refractivity contribution in [3.63, 3.8) is 0 Å². The molecule has 2 aromatic carbocycles. The number of rotatable bonds is 9. The van der Waals surface area contributed by atoms with Gasteiger partial charge in [0.15, 0.2) is 0 Å². The van der Waals surface area contributed by atoms with Crippen LogP contribution in [0.25, 0.3) is 11.1 Å². The summed E-state index contributed by atoms with van der Waals surface area (Å²) in [5, 5.41) is 11.5. The maximum Gasteiger partial charge on any atom is 0.407 e. The van der Waals surface area contributed by atoms with Crippen LogP contribution in [-0.4, -0.2) is 66.4 Å². The molecule has 0 bridgehead atoms. The van der Waals surface area contributed by atoms with E-state index in [0.29, 0.717) is 19.5 Å². The van der Waals surface area contributed by atoms with Crippen molar-refractivity contribution in [3.05, 3.63) is 59.7 Å². The van der Waals surface area contributed by atoms with Crippen LogP contribution in [-0.2, 0) is 19.1 Å². The van der Waals surface area contributed by atoms with Crippen LogP contribution in [0.1, 0.15) is 37.3 Å². The van der Waals surface area contributed by atoms with Gasteiger partial charge in [-0.3, -0.25) is 4.79 Å². The Morgan fingerprint density at radius 1 is 1.06 bits per heavy atom. The standard InChI is InChI=1S/C26H30N2O6/c1-3-16(2)24(25(31)28-12-17(13-28)33-15-23(29)30)27-26(32)34-14-22-20-10-6-4-8-18(20)19-9-5-7-11-21(19)22/h4-11,16-17,22,24H,3,12-15H2,1-2H3,(H,27,32)(H,29,30)/t16?,24-/m0/s1. The summed E-state index contributed by atoms with van der Waals surface area (Å²) in [4.78, 5) is 38.0. The summed E-state index contributed by atoms with van der Waals surface area (Å²) in [6.07, 6.45) is -0.223. The zero-order chi connectivity index (χ0) is 24.2. The molecular weight excluding hydrogens is 436 g/mol. The van der Waals surface area contributed by atoms with E-state index in [-0.39, 0.29) is 37.1 Å². The molecule has 8 nitrogen and oxygen atoms in total. The SMILES string of the molecule is CCC(C)[C@H](NC(=O)OCC1c2ccccc2-c2ccccc21)C(=O)N1CC(OCC(=O)O)C1. The Morgan fingerprint density at radius 3 is 2.21 bits per heavy atom. The van der Waals surface area contributed by atoms with Gasteiger partial charge in [0.1, 0.15) is 19.3 Å². The van der Waals surface area contributed by atoms with Gasteiger partial charge in [0, 0.05) is 19.0 Å². The molecule has 2 aliphatic rings. The van der Waals surface area contributed by atoms with Gasteiger partial charge in [-0.25, -0.2) is 9.59 Å². The average molecular weight is 467 g/mol. The van der Waals surface area contributed by atoms with Crippen LogP contribution in [0.4, 0.5) is 4.79 Å². The van der Waals surface area contributed by atoms with Crippen LogP contribution in [0.3, 0.4) is 0 Å². The Kier molecular flexibility index (Phi) is 7.17. The van der Waals surface area contributed by atoms with Gasteiger partial charge in [-0.1, -0.05) is 68.8 Å². The molecule has 8 heteroatoms. The van der Waals surface area contributed by atoms with Gasteiger partial charge in [0.2, 0.25) is 5.91 Å². The van der Waals surface area contributed by atoms with E-state index in [4.69, 9.17) is 14.6 Å². The first kappa shape index (κ1) is 23.8. The molecule has 0 aromatic heterocycles. The summed E-state index contributed by atoms with van der Waals surface area (Å²) in [5.41, 5.74) is 4.55. The molecule has 2 atom stereocenters. The third-order valence-electron chi connectivity index (χ3n) is 6.70. The van der Waals surface area contributed by atoms with E-state index in [9.17, 15) is 14.4 Å². The predicted molar refractivity (Wildman–Crippen MR) is 125 cm³/mol. The molecule has 2 N–H and O–H groups in total. The Balaban J connectivity index is 1.36. The molecule has 34 heavy (non-hydrogen) atoms. The minimum atomic E-state index is -1.04. The second-order valence-corrected chi connectivity index (χ2v) is 8.90. The molecule has 4 rings (SSSR count). The number of carboxylic acids is 1. The van der Waals surface area contributed by atoms with Crippen molar-refractivity contribution in [2.24, 2.45) is 5.92 Å². The molecule has 1 aliphatic carbocycles. The number of carboxylic acid groups (broad SMARTS) is 1. The largest absolute Gasteiger partial charge is 0.480 e. The maximum atomic E-state index is 13.0. The van der Waals surface area contributed by atoms with Crippen LogP contribution in [0.2, 0.25) is 0 Å². The highest BCUT2D eigenvalue weighted by Crippen LogP contribution is 2.44. The lowest BCUT2D eigenvalue weighted by atomic mass is 9.96. The Bertz CT molecular complexity index is 1020. The molecule has 1 saturated heterocycles. The predicted octanol–water partition coefficient (Wildman–Crippen LogP) is 3.25. The highest BCUT2D eigenvalue weighted by Gasteiger charge is 2.38. The van der Waals surface area contributed by atoms with Gasteiger partial charge >= 0.3 is 12.1 Å². The van der Waals surface area contributed by atoms with Crippen molar-refractivity contribution in [1.82, 2.24) is 10.2 Å². The van der Waals surface area contributed by atoms with E-state index < -0.39 is 18.1 Å². The van der Waals surface area contributed by atoms with Crippen molar-refractivity contribution in [2.75, 3.05) is 26.3 Å². The number of likely N-dealkylation sites (tertiary alicyclic amines) is 1. The number of carbonyl (C=O) groups is 3. The lowest BCUT2D eigenvalue weighted by Crippen LogP contribution is -2.61. The van der Waals surface area contributed by atoms with Crippen LogP contribution < -0.4 is 5.32 Å². The molecular formula is C26H30N2O6. The number of hydrogen-bond donors (Lipinski definition) is 2. The number of benzene rings is 2. The van der Waals surface area contributed by atoms with Gasteiger partial charge in [-0.2, -0.15) is 0 Å². The zero-order valence-electron chi connectivity index (χ0n) is 19.4. The fourth-order valence-electron chi connectivity index (χ4n) is 4.56. The van der Waals surface area contributed by atoms with E-state index >= 15 is 0 Å². The Morgan fingerprint density at radius 2 is 1.65 bits per heavy atom. The van der Waals surface area contributed by atoms with Crippen LogP contribution >= 0.6 is 0 Å². The molecule has 0 saturated carbocycles. The topological polar surface area (TPSA) is 105 Å². The monoisotopic (exact) mass is 466 g/mol. The number of fused-ring (bicyclic) bond motifs is 3. The van der Waals surface area contributed by atoms with Gasteiger partial charge in [0.25, 0.3) is 0 Å². The van der Waals surface area contributed by atoms with E-state index in [1.54, 1.807) is 4.90 Å². The highest BCUT2D eigenvalue weighted by atomic mass is 16.5. The molecule has 1 fully saturated rings. The van der Waals surface area contributed by atoms with Crippen LogP contribution in [0.5, 0.6) is 0 Å². The zero-order valence-corrected chi connectivity index (χ0v) is 19.4. The number of nitrogens with zero attached hydrogens (tertiary/aromatic N) is 1. The van der Waals surface area contributed by atoms with Crippen molar-refractivity contribution in [3.8, 4) is 11.1 Å². The summed E-state index contributed by atoms with van der Waals surface area (Å²) >= 11 is 0. The van der Waals surface area contributed by atoms with Gasteiger partial charge in [-0.15, -0.1) is 0 Å². The highest BCUT2D eigenvalue weighted by molar-refractivity contribution is 5.87. The number of aliphatic carboxylic acids is 1. The fourth-order valence-corrected chi connectivity index (χ4v) is 4.56. The maximum absolute atomic E-state index is 13.0. The Hall–Kier alpha value is -3.39. The molecule has 2 aromatic rings. The lowest BCUT2D eigenvalue weighted by molar-refractivity contribution is -0.156.